The molecule has 0 amide bonds. The quantitative estimate of drug-likeness (QED) is 0.831. The minimum Gasteiger partial charge on any atom is -0.300 e. The van der Waals surface area contributed by atoms with Crippen molar-refractivity contribution in [1.29, 1.82) is 0 Å². The fraction of sp³-hybridized carbons (Fsp3) is 0.733. The van der Waals surface area contributed by atoms with E-state index in [9.17, 15) is 4.79 Å². The molecule has 0 aliphatic carbocycles. The summed E-state index contributed by atoms with van der Waals surface area (Å²) in [7, 11) is 0. The molecule has 19 heavy (non-hydrogen) atoms. The van der Waals surface area contributed by atoms with Crippen molar-refractivity contribution in [1.82, 2.24) is 9.88 Å². The molecule has 1 fully saturated rings. The highest BCUT2D eigenvalue weighted by molar-refractivity contribution is 7.09. The molecular weight excluding hydrogens is 256 g/mol. The maximum Gasteiger partial charge on any atom is 0.135 e. The first-order valence-corrected chi connectivity index (χ1v) is 8.12. The van der Waals surface area contributed by atoms with Crippen molar-refractivity contribution >= 4 is 17.1 Å². The third-order valence-corrected chi connectivity index (χ3v) is 4.70. The number of ketones is 1. The first kappa shape index (κ1) is 14.7. The fourth-order valence-electron chi connectivity index (χ4n) is 2.90. The summed E-state index contributed by atoms with van der Waals surface area (Å²) in [5.74, 6) is 0.193. The minimum atomic E-state index is 0.193. The van der Waals surface area contributed by atoms with Gasteiger partial charge in [0.1, 0.15) is 5.78 Å². The molecule has 0 saturated carbocycles. The Kier molecular flexibility index (Phi) is 5.11. The largest absolute Gasteiger partial charge is 0.300 e. The zero-order chi connectivity index (χ0) is 13.8. The average molecular weight is 280 g/mol. The lowest BCUT2D eigenvalue weighted by Gasteiger charge is -2.38. The lowest BCUT2D eigenvalue weighted by Crippen LogP contribution is -2.44. The van der Waals surface area contributed by atoms with Crippen LogP contribution < -0.4 is 0 Å². The number of rotatable bonds is 5. The number of hydrogen-bond acceptors (Lipinski definition) is 4. The molecule has 1 aliphatic rings. The van der Waals surface area contributed by atoms with Crippen molar-refractivity contribution < 1.29 is 4.79 Å². The summed E-state index contributed by atoms with van der Waals surface area (Å²) >= 11 is 1.71. The molecule has 1 atom stereocenters. The highest BCUT2D eigenvalue weighted by atomic mass is 32.1. The van der Waals surface area contributed by atoms with E-state index < -0.39 is 0 Å². The number of carbonyl (C=O) groups excluding carboxylic acids is 1. The standard InChI is InChI=1S/C15H24N2OS/c1-11(2)17-7-5-4-6-14(17)9-15-16-13(10-19-15)8-12(3)18/h10-11,14H,4-9H2,1-3H3. The summed E-state index contributed by atoms with van der Waals surface area (Å²) in [5, 5.41) is 3.23. The molecule has 0 N–H and O–H groups in total. The van der Waals surface area contributed by atoms with E-state index in [2.05, 4.69) is 23.7 Å². The van der Waals surface area contributed by atoms with E-state index in [0.717, 1.165) is 12.1 Å². The van der Waals surface area contributed by atoms with E-state index in [1.165, 1.54) is 30.8 Å². The Labute approximate surface area is 120 Å². The Morgan fingerprint density at radius 2 is 2.32 bits per heavy atom. The zero-order valence-corrected chi connectivity index (χ0v) is 13.0. The first-order valence-electron chi connectivity index (χ1n) is 7.24. The molecule has 1 aromatic rings. The van der Waals surface area contributed by atoms with Gasteiger partial charge in [0.2, 0.25) is 0 Å². The van der Waals surface area contributed by atoms with Crippen molar-refractivity contribution in [3.05, 3.63) is 16.1 Å². The number of carbonyl (C=O) groups is 1. The van der Waals surface area contributed by atoms with Gasteiger partial charge in [-0.2, -0.15) is 0 Å². The van der Waals surface area contributed by atoms with Crippen LogP contribution in [0.25, 0.3) is 0 Å². The number of aromatic nitrogens is 1. The Balaban J connectivity index is 1.98. The van der Waals surface area contributed by atoms with Gasteiger partial charge < -0.3 is 0 Å². The summed E-state index contributed by atoms with van der Waals surface area (Å²) in [4.78, 5) is 18.3. The summed E-state index contributed by atoms with van der Waals surface area (Å²) in [6.07, 6.45) is 5.46. The minimum absolute atomic E-state index is 0.193. The molecule has 4 heteroatoms. The predicted octanol–water partition coefficient (Wildman–Crippen LogP) is 3.08. The Morgan fingerprint density at radius 3 is 3.00 bits per heavy atom. The topological polar surface area (TPSA) is 33.2 Å². The molecule has 0 bridgehead atoms. The van der Waals surface area contributed by atoms with E-state index in [-0.39, 0.29) is 5.78 Å². The summed E-state index contributed by atoms with van der Waals surface area (Å²) in [6.45, 7) is 7.40. The third kappa shape index (κ3) is 4.11. The van der Waals surface area contributed by atoms with Gasteiger partial charge in [-0.1, -0.05) is 6.42 Å². The van der Waals surface area contributed by atoms with Gasteiger partial charge in [-0.05, 0) is 40.2 Å². The molecule has 1 aliphatic heterocycles. The monoisotopic (exact) mass is 280 g/mol. The first-order chi connectivity index (χ1) is 9.06. The average Bonchev–Trinajstić information content (AvgIpc) is 2.76. The molecular formula is C15H24N2OS. The number of Topliss-reactive ketones (excluding diaryl/α,β-unsaturated/α-hetero) is 1. The Hall–Kier alpha value is -0.740. The van der Waals surface area contributed by atoms with Crippen molar-refractivity contribution in [2.45, 2.75) is 65.0 Å². The summed E-state index contributed by atoms with van der Waals surface area (Å²) < 4.78 is 0. The third-order valence-electron chi connectivity index (χ3n) is 3.78. The van der Waals surface area contributed by atoms with Gasteiger partial charge in [-0.3, -0.25) is 9.69 Å². The van der Waals surface area contributed by atoms with E-state index in [1.807, 2.05) is 5.38 Å². The molecule has 0 radical (unpaired) electrons. The van der Waals surface area contributed by atoms with Crippen LogP contribution in [0.4, 0.5) is 0 Å². The van der Waals surface area contributed by atoms with E-state index >= 15 is 0 Å². The van der Waals surface area contributed by atoms with E-state index in [0.29, 0.717) is 18.5 Å². The van der Waals surface area contributed by atoms with Crippen LogP contribution in [0.1, 0.15) is 50.7 Å². The van der Waals surface area contributed by atoms with E-state index in [1.54, 1.807) is 18.3 Å². The SMILES string of the molecule is CC(=O)Cc1csc(CC2CCCCN2C(C)C)n1. The number of likely N-dealkylation sites (tertiary alicyclic amines) is 1. The predicted molar refractivity (Wildman–Crippen MR) is 79.7 cm³/mol. The maximum absolute atomic E-state index is 11.1. The van der Waals surface area contributed by atoms with Gasteiger partial charge >= 0.3 is 0 Å². The zero-order valence-electron chi connectivity index (χ0n) is 12.2. The maximum atomic E-state index is 11.1. The number of nitrogens with zero attached hydrogens (tertiary/aromatic N) is 2. The molecule has 1 aromatic heterocycles. The van der Waals surface area contributed by atoms with Gasteiger partial charge in [-0.25, -0.2) is 4.98 Å². The fourth-order valence-corrected chi connectivity index (χ4v) is 3.77. The van der Waals surface area contributed by atoms with Crippen LogP contribution in [0, 0.1) is 0 Å². The second-order valence-corrected chi connectivity index (χ2v) is 6.74. The van der Waals surface area contributed by atoms with Crippen LogP contribution in [0.5, 0.6) is 0 Å². The van der Waals surface area contributed by atoms with Gasteiger partial charge in [0.05, 0.1) is 10.7 Å². The summed E-state index contributed by atoms with van der Waals surface area (Å²) in [5.41, 5.74) is 0.944. The number of hydrogen-bond donors (Lipinski definition) is 0. The highest BCUT2D eigenvalue weighted by Gasteiger charge is 2.25. The van der Waals surface area contributed by atoms with Crippen molar-refractivity contribution in [3.63, 3.8) is 0 Å². The smallest absolute Gasteiger partial charge is 0.135 e. The number of thiazole rings is 1. The second-order valence-electron chi connectivity index (χ2n) is 5.80. The van der Waals surface area contributed by atoms with Gasteiger partial charge in [0.25, 0.3) is 0 Å². The van der Waals surface area contributed by atoms with Crippen LogP contribution in [0.15, 0.2) is 5.38 Å². The van der Waals surface area contributed by atoms with Crippen LogP contribution >= 0.6 is 11.3 Å². The lowest BCUT2D eigenvalue weighted by atomic mass is 9.98. The van der Waals surface area contributed by atoms with Gasteiger partial charge in [0, 0.05) is 30.3 Å². The molecule has 1 saturated heterocycles. The molecule has 3 nitrogen and oxygen atoms in total. The van der Waals surface area contributed by atoms with Crippen LogP contribution in [-0.4, -0.2) is 34.3 Å². The van der Waals surface area contributed by atoms with Crippen LogP contribution in [-0.2, 0) is 17.6 Å². The lowest BCUT2D eigenvalue weighted by molar-refractivity contribution is -0.116. The molecule has 2 rings (SSSR count). The molecule has 0 spiro atoms. The van der Waals surface area contributed by atoms with E-state index in [4.69, 9.17) is 0 Å². The highest BCUT2D eigenvalue weighted by Crippen LogP contribution is 2.24. The van der Waals surface area contributed by atoms with Gasteiger partial charge in [-0.15, -0.1) is 11.3 Å². The van der Waals surface area contributed by atoms with Crippen molar-refractivity contribution in [3.8, 4) is 0 Å². The number of piperidine rings is 1. The Morgan fingerprint density at radius 1 is 1.53 bits per heavy atom. The molecule has 1 unspecified atom stereocenters. The van der Waals surface area contributed by atoms with Crippen LogP contribution in [0.2, 0.25) is 0 Å². The van der Waals surface area contributed by atoms with Crippen molar-refractivity contribution in [2.24, 2.45) is 0 Å². The van der Waals surface area contributed by atoms with Crippen molar-refractivity contribution in [2.75, 3.05) is 6.54 Å². The molecule has 0 aromatic carbocycles. The Bertz CT molecular complexity index is 428. The summed E-state index contributed by atoms with van der Waals surface area (Å²) in [6, 6.07) is 1.24. The molecule has 106 valence electrons. The normalized spacial score (nSPS) is 20.9. The second kappa shape index (κ2) is 6.62. The van der Waals surface area contributed by atoms with Crippen LogP contribution in [0.3, 0.4) is 0 Å². The van der Waals surface area contributed by atoms with Gasteiger partial charge in [0.15, 0.2) is 0 Å². The molecule has 2 heterocycles.